The molecule has 0 spiro atoms. The zero-order valence-corrected chi connectivity index (χ0v) is 19.9. The maximum atomic E-state index is 12.4. The summed E-state index contributed by atoms with van der Waals surface area (Å²) in [5.41, 5.74) is 7.04. The third-order valence-electron chi connectivity index (χ3n) is 5.12. The zero-order valence-electron chi connectivity index (χ0n) is 17.0. The van der Waals surface area contributed by atoms with Crippen molar-refractivity contribution in [3.8, 4) is 5.75 Å². The smallest absolute Gasteiger partial charge is 0.271 e. The lowest BCUT2D eigenvalue weighted by Gasteiger charge is -2.40. The van der Waals surface area contributed by atoms with E-state index in [1.54, 1.807) is 25.5 Å². The van der Waals surface area contributed by atoms with Gasteiger partial charge in [0.1, 0.15) is 5.75 Å². The molecule has 1 aliphatic heterocycles. The Labute approximate surface area is 189 Å². The van der Waals surface area contributed by atoms with Gasteiger partial charge in [-0.2, -0.15) is 5.10 Å². The third-order valence-corrected chi connectivity index (χ3v) is 6.34. The van der Waals surface area contributed by atoms with E-state index in [9.17, 15) is 4.79 Å². The van der Waals surface area contributed by atoms with Crippen molar-refractivity contribution < 1.29 is 9.53 Å². The molecule has 0 aliphatic carbocycles. The normalized spacial score (nSPS) is 15.1. The number of ether oxygens (including phenoxy) is 1. The number of methoxy groups -OCH3 is 1. The average molecular weight is 524 g/mol. The summed E-state index contributed by atoms with van der Waals surface area (Å²) in [6, 6.07) is 9.18. The first-order chi connectivity index (χ1) is 13.6. The van der Waals surface area contributed by atoms with Gasteiger partial charge in [0.25, 0.3) is 5.91 Å². The average Bonchev–Trinajstić information content (AvgIpc) is 2.67. The molecule has 0 atom stereocenters. The SMILES string of the molecule is COc1cc(C(=O)N/N=C/c2cc3c(cc2Cl)N(C)C(C)(C)C=C3C)ccc1I. The predicted octanol–water partition coefficient (Wildman–Crippen LogP) is 5.35. The van der Waals surface area contributed by atoms with E-state index >= 15 is 0 Å². The Bertz CT molecular complexity index is 1030. The number of hydrogen-bond acceptors (Lipinski definition) is 4. The van der Waals surface area contributed by atoms with Crippen LogP contribution in [-0.4, -0.2) is 31.8 Å². The standard InChI is InChI=1S/C22H23ClIN3O2/c1-13-11-22(2,3)27(4)19-10-17(23)15(8-16(13)19)12-25-26-21(28)14-6-7-18(24)20(9-14)29-5/h6-12H,1-5H3,(H,26,28)/b25-12+. The molecule has 0 aromatic heterocycles. The minimum absolute atomic E-state index is 0.0848. The first-order valence-electron chi connectivity index (χ1n) is 9.08. The van der Waals surface area contributed by atoms with Gasteiger partial charge in [-0.25, -0.2) is 5.43 Å². The fourth-order valence-electron chi connectivity index (χ4n) is 3.31. The second-order valence-electron chi connectivity index (χ2n) is 7.48. The van der Waals surface area contributed by atoms with Gasteiger partial charge in [-0.1, -0.05) is 17.7 Å². The number of benzene rings is 2. The molecular formula is C22H23ClIN3O2. The maximum absolute atomic E-state index is 12.4. The first kappa shape index (κ1) is 21.6. The summed E-state index contributed by atoms with van der Waals surface area (Å²) in [6.45, 7) is 6.42. The molecule has 0 saturated carbocycles. The van der Waals surface area contributed by atoms with Crippen LogP contribution in [-0.2, 0) is 0 Å². The van der Waals surface area contributed by atoms with Gasteiger partial charge in [0.15, 0.2) is 0 Å². The van der Waals surface area contributed by atoms with Crippen molar-refractivity contribution in [3.05, 3.63) is 61.7 Å². The van der Waals surface area contributed by atoms with Crippen LogP contribution in [0.25, 0.3) is 5.57 Å². The van der Waals surface area contributed by atoms with Crippen LogP contribution >= 0.6 is 34.2 Å². The van der Waals surface area contributed by atoms with Crippen molar-refractivity contribution in [2.75, 3.05) is 19.1 Å². The number of nitrogens with zero attached hydrogens (tertiary/aromatic N) is 2. The van der Waals surface area contributed by atoms with Gasteiger partial charge in [-0.15, -0.1) is 0 Å². The van der Waals surface area contributed by atoms with E-state index in [1.165, 1.54) is 5.57 Å². The summed E-state index contributed by atoms with van der Waals surface area (Å²) in [5.74, 6) is 0.330. The van der Waals surface area contributed by atoms with E-state index < -0.39 is 0 Å². The van der Waals surface area contributed by atoms with E-state index in [4.69, 9.17) is 16.3 Å². The molecule has 0 fully saturated rings. The quantitative estimate of drug-likeness (QED) is 0.334. The highest BCUT2D eigenvalue weighted by Crippen LogP contribution is 2.40. The van der Waals surface area contributed by atoms with Crippen LogP contribution in [0.3, 0.4) is 0 Å². The number of nitrogens with one attached hydrogen (secondary N) is 1. The Balaban J connectivity index is 1.82. The van der Waals surface area contributed by atoms with E-state index in [0.717, 1.165) is 20.4 Å². The van der Waals surface area contributed by atoms with Crippen molar-refractivity contribution >= 4 is 57.6 Å². The molecular weight excluding hydrogens is 501 g/mol. The number of anilines is 1. The highest BCUT2D eigenvalue weighted by atomic mass is 127. The van der Waals surface area contributed by atoms with Crippen molar-refractivity contribution in [1.82, 2.24) is 5.43 Å². The number of hydrogen-bond donors (Lipinski definition) is 1. The van der Waals surface area contributed by atoms with Crippen LogP contribution in [0.4, 0.5) is 5.69 Å². The van der Waals surface area contributed by atoms with Crippen LogP contribution in [0.1, 0.15) is 42.3 Å². The van der Waals surface area contributed by atoms with Crippen LogP contribution in [0.2, 0.25) is 5.02 Å². The molecule has 7 heteroatoms. The minimum atomic E-state index is -0.317. The van der Waals surface area contributed by atoms with Crippen molar-refractivity contribution in [2.24, 2.45) is 5.10 Å². The summed E-state index contributed by atoms with van der Waals surface area (Å²) < 4.78 is 6.19. The Hall–Kier alpha value is -2.06. The molecule has 2 aromatic carbocycles. The number of carbonyl (C=O) groups excluding carboxylic acids is 1. The van der Waals surface area contributed by atoms with Crippen LogP contribution in [0.15, 0.2) is 41.5 Å². The largest absolute Gasteiger partial charge is 0.496 e. The van der Waals surface area contributed by atoms with Gasteiger partial charge in [-0.05, 0) is 79.3 Å². The Morgan fingerprint density at radius 1 is 1.31 bits per heavy atom. The van der Waals surface area contributed by atoms with Crippen molar-refractivity contribution in [3.63, 3.8) is 0 Å². The summed E-state index contributed by atoms with van der Waals surface area (Å²) in [4.78, 5) is 14.6. The number of fused-ring (bicyclic) bond motifs is 1. The monoisotopic (exact) mass is 523 g/mol. The molecule has 1 amide bonds. The molecule has 0 radical (unpaired) electrons. The van der Waals surface area contributed by atoms with Gasteiger partial charge in [0.05, 0.1) is 27.5 Å². The number of amides is 1. The van der Waals surface area contributed by atoms with Gasteiger partial charge >= 0.3 is 0 Å². The molecule has 3 rings (SSSR count). The molecule has 1 heterocycles. The van der Waals surface area contributed by atoms with E-state index in [0.29, 0.717) is 16.3 Å². The molecule has 2 aromatic rings. The third kappa shape index (κ3) is 4.43. The molecule has 5 nitrogen and oxygen atoms in total. The number of rotatable bonds is 4. The molecule has 1 N–H and O–H groups in total. The van der Waals surface area contributed by atoms with Crippen LogP contribution in [0.5, 0.6) is 5.75 Å². The lowest BCUT2D eigenvalue weighted by molar-refractivity contribution is 0.0954. The number of halogens is 2. The molecule has 152 valence electrons. The molecule has 0 saturated heterocycles. The predicted molar refractivity (Wildman–Crippen MR) is 128 cm³/mol. The number of allylic oxidation sites excluding steroid dienone is 1. The minimum Gasteiger partial charge on any atom is -0.496 e. The summed E-state index contributed by atoms with van der Waals surface area (Å²) in [6.07, 6.45) is 3.80. The van der Waals surface area contributed by atoms with Crippen molar-refractivity contribution in [1.29, 1.82) is 0 Å². The highest BCUT2D eigenvalue weighted by Gasteiger charge is 2.29. The fourth-order valence-corrected chi connectivity index (χ4v) is 4.08. The van der Waals surface area contributed by atoms with Gasteiger partial charge in [-0.3, -0.25) is 4.79 Å². The Kier molecular flexibility index (Phi) is 6.24. The lowest BCUT2D eigenvalue weighted by Crippen LogP contribution is -2.42. The summed E-state index contributed by atoms with van der Waals surface area (Å²) in [5, 5.41) is 4.67. The zero-order chi connectivity index (χ0) is 21.3. The maximum Gasteiger partial charge on any atom is 0.271 e. The Morgan fingerprint density at radius 3 is 2.72 bits per heavy atom. The van der Waals surface area contributed by atoms with Gasteiger partial charge in [0.2, 0.25) is 0 Å². The van der Waals surface area contributed by atoms with Crippen molar-refractivity contribution in [2.45, 2.75) is 26.3 Å². The molecule has 0 bridgehead atoms. The molecule has 29 heavy (non-hydrogen) atoms. The second kappa shape index (κ2) is 8.36. The topological polar surface area (TPSA) is 53.9 Å². The lowest BCUT2D eigenvalue weighted by atomic mass is 9.88. The van der Waals surface area contributed by atoms with Gasteiger partial charge < -0.3 is 9.64 Å². The number of likely N-dealkylation sites (N-methyl/N-ethyl adjacent to an activating group) is 1. The van der Waals surface area contributed by atoms with Crippen LogP contribution in [0, 0.1) is 3.57 Å². The van der Waals surface area contributed by atoms with E-state index in [2.05, 4.69) is 71.9 Å². The molecule has 1 aliphatic rings. The second-order valence-corrected chi connectivity index (χ2v) is 9.05. The molecule has 0 unspecified atom stereocenters. The Morgan fingerprint density at radius 2 is 2.03 bits per heavy atom. The fraction of sp³-hybridized carbons (Fsp3) is 0.273. The highest BCUT2D eigenvalue weighted by molar-refractivity contribution is 14.1. The van der Waals surface area contributed by atoms with Crippen LogP contribution < -0.4 is 15.1 Å². The van der Waals surface area contributed by atoms with Gasteiger partial charge in [0, 0.05) is 29.4 Å². The summed E-state index contributed by atoms with van der Waals surface area (Å²) >= 11 is 8.64. The first-order valence-corrected chi connectivity index (χ1v) is 10.5. The number of hydrazone groups is 1. The summed E-state index contributed by atoms with van der Waals surface area (Å²) in [7, 11) is 3.63. The number of carbonyl (C=O) groups is 1. The van der Waals surface area contributed by atoms with E-state index in [-0.39, 0.29) is 11.4 Å². The van der Waals surface area contributed by atoms with E-state index in [1.807, 2.05) is 18.2 Å².